The average Bonchev–Trinajstić information content (AvgIpc) is 2.87. The molecule has 21 heteroatoms. The third-order valence-electron chi connectivity index (χ3n) is 6.09. The molecule has 0 aromatic heterocycles. The Kier molecular flexibility index (Phi) is 20.1. The van der Waals surface area contributed by atoms with Gasteiger partial charge >= 0.3 is 17.6 Å². The van der Waals surface area contributed by atoms with E-state index in [2.05, 4.69) is 10.6 Å². The van der Waals surface area contributed by atoms with E-state index in [-0.39, 0.29) is 24.7 Å². The van der Waals surface area contributed by atoms with Crippen LogP contribution >= 0.6 is 23.5 Å². The molecule has 0 heterocycles. The zero-order chi connectivity index (χ0) is 35.0. The fourth-order valence-corrected chi connectivity index (χ4v) is 14.9. The van der Waals surface area contributed by atoms with Gasteiger partial charge in [-0.25, -0.2) is 0 Å². The first-order valence-corrected chi connectivity index (χ1v) is 23.5. The molecule has 0 spiro atoms. The Morgan fingerprint density at radius 1 is 0.644 bits per heavy atom. The minimum Gasteiger partial charge on any atom is -0.377 e. The lowest BCUT2D eigenvalue weighted by atomic mass is 10.1. The molecule has 0 bridgehead atoms. The highest BCUT2D eigenvalue weighted by Gasteiger charge is 2.51. The molecule has 0 aromatic rings. The van der Waals surface area contributed by atoms with Crippen molar-refractivity contribution in [2.24, 2.45) is 0 Å². The van der Waals surface area contributed by atoms with E-state index >= 15 is 0 Å². The van der Waals surface area contributed by atoms with Gasteiger partial charge < -0.3 is 32.5 Å². The number of amides is 2. The third-order valence-corrected chi connectivity index (χ3v) is 17.3. The molecule has 0 aliphatic rings. The molecule has 0 radical (unpaired) electrons. The fourth-order valence-electron chi connectivity index (χ4n) is 4.26. The highest BCUT2D eigenvalue weighted by Crippen LogP contribution is 2.27. The minimum absolute atomic E-state index is 0.186. The molecule has 0 saturated heterocycles. The number of hydrogen-bond acceptors (Lipinski definition) is 13. The maximum Gasteiger partial charge on any atom is 0.493 e. The first-order valence-electron chi connectivity index (χ1n) is 14.2. The standard InChI is InChI=1S/C24H52N2O13S4Si2/c1-23(2,19-42(29,30)31)25-21(27)11-15-40-13-9-17-44(35-5,36-6)39-45(37-7,38-8)18-10-14-41-16-12-22(28)26-24(3,4)20-43(32,33)34/h9-20H2,1-8H3,(H,25,27)(H,26,28)(H,29,30,31)(H,32,33,34). The van der Waals surface area contributed by atoms with E-state index in [1.807, 2.05) is 0 Å². The van der Waals surface area contributed by atoms with E-state index in [1.54, 1.807) is 23.5 Å². The van der Waals surface area contributed by atoms with Crippen LogP contribution in [0.25, 0.3) is 0 Å². The maximum atomic E-state index is 12.2. The molecule has 268 valence electrons. The van der Waals surface area contributed by atoms with E-state index in [0.29, 0.717) is 47.9 Å². The zero-order valence-corrected chi connectivity index (χ0v) is 32.8. The highest BCUT2D eigenvalue weighted by molar-refractivity contribution is 7.99. The molecular formula is C24H52N2O13S4Si2. The van der Waals surface area contributed by atoms with Crippen molar-refractivity contribution in [2.75, 3.05) is 63.0 Å². The minimum atomic E-state index is -4.22. The van der Waals surface area contributed by atoms with Crippen LogP contribution < -0.4 is 10.6 Å². The maximum absolute atomic E-state index is 12.2. The Labute approximate surface area is 279 Å². The summed E-state index contributed by atoms with van der Waals surface area (Å²) in [5, 5.41) is 5.24. The van der Waals surface area contributed by atoms with E-state index in [9.17, 15) is 26.4 Å². The molecule has 0 rings (SSSR count). The number of hydrogen-bond donors (Lipinski definition) is 4. The predicted molar refractivity (Wildman–Crippen MR) is 181 cm³/mol. The highest BCUT2D eigenvalue weighted by atomic mass is 32.2. The van der Waals surface area contributed by atoms with Crippen LogP contribution in [0.5, 0.6) is 0 Å². The van der Waals surface area contributed by atoms with E-state index in [1.165, 1.54) is 56.1 Å². The van der Waals surface area contributed by atoms with E-state index in [0.717, 1.165) is 0 Å². The van der Waals surface area contributed by atoms with Gasteiger partial charge in [-0.3, -0.25) is 18.7 Å². The second-order valence-corrected chi connectivity index (χ2v) is 23.1. The second kappa shape index (κ2) is 20.3. The van der Waals surface area contributed by atoms with Crippen molar-refractivity contribution in [1.82, 2.24) is 10.6 Å². The lowest BCUT2D eigenvalue weighted by molar-refractivity contribution is -0.122. The summed E-state index contributed by atoms with van der Waals surface area (Å²) in [5.74, 6) is 0.639. The number of nitrogens with one attached hydrogen (secondary N) is 2. The molecule has 45 heavy (non-hydrogen) atoms. The van der Waals surface area contributed by atoms with Crippen LogP contribution in [0.2, 0.25) is 12.1 Å². The summed E-state index contributed by atoms with van der Waals surface area (Å²) in [6, 6.07) is 0.972. The smallest absolute Gasteiger partial charge is 0.377 e. The summed E-state index contributed by atoms with van der Waals surface area (Å²) in [4.78, 5) is 24.4. The number of rotatable bonds is 26. The summed E-state index contributed by atoms with van der Waals surface area (Å²) in [7, 11) is -8.71. The Balaban J connectivity index is 4.70. The Morgan fingerprint density at radius 3 is 1.22 bits per heavy atom. The van der Waals surface area contributed by atoms with Crippen LogP contribution in [0.1, 0.15) is 53.4 Å². The van der Waals surface area contributed by atoms with Crippen molar-refractivity contribution in [3.05, 3.63) is 0 Å². The van der Waals surface area contributed by atoms with Crippen LogP contribution in [-0.4, -0.2) is 129 Å². The van der Waals surface area contributed by atoms with Gasteiger partial charge in [0.05, 0.1) is 22.6 Å². The van der Waals surface area contributed by atoms with Crippen LogP contribution in [0.4, 0.5) is 0 Å². The summed E-state index contributed by atoms with van der Waals surface area (Å²) in [5.41, 5.74) is -2.17. The van der Waals surface area contributed by atoms with Gasteiger partial charge in [0, 0.05) is 64.9 Å². The lowest BCUT2D eigenvalue weighted by Crippen LogP contribution is -2.57. The second-order valence-electron chi connectivity index (χ2n) is 11.5. The molecule has 0 aromatic carbocycles. The molecule has 0 saturated carbocycles. The summed E-state index contributed by atoms with van der Waals surface area (Å²) < 4.78 is 92.0. The number of thioether (sulfide) groups is 2. The summed E-state index contributed by atoms with van der Waals surface area (Å²) in [6.45, 7) is 6.10. The van der Waals surface area contributed by atoms with Crippen LogP contribution in [0.3, 0.4) is 0 Å². The number of carbonyl (C=O) groups excluding carboxylic acids is 2. The van der Waals surface area contributed by atoms with Gasteiger partial charge in [-0.05, 0) is 52.0 Å². The first-order chi connectivity index (χ1) is 20.6. The number of carbonyl (C=O) groups is 2. The van der Waals surface area contributed by atoms with Crippen molar-refractivity contribution in [1.29, 1.82) is 0 Å². The van der Waals surface area contributed by atoms with Gasteiger partial charge in [0.1, 0.15) is 0 Å². The van der Waals surface area contributed by atoms with Crippen molar-refractivity contribution < 1.29 is 57.3 Å². The normalized spacial score (nSPS) is 13.6. The molecule has 0 fully saturated rings. The van der Waals surface area contributed by atoms with Gasteiger partial charge in [-0.15, -0.1) is 0 Å². The van der Waals surface area contributed by atoms with Crippen LogP contribution in [0.15, 0.2) is 0 Å². The third kappa shape index (κ3) is 21.3. The Morgan fingerprint density at radius 2 is 0.956 bits per heavy atom. The lowest BCUT2D eigenvalue weighted by Gasteiger charge is -2.35. The monoisotopic (exact) mass is 760 g/mol. The molecule has 0 aliphatic heterocycles. The van der Waals surface area contributed by atoms with E-state index in [4.69, 9.17) is 30.9 Å². The average molecular weight is 761 g/mol. The van der Waals surface area contributed by atoms with Crippen LogP contribution in [0, 0.1) is 0 Å². The molecule has 0 unspecified atom stereocenters. The van der Waals surface area contributed by atoms with Gasteiger partial charge in [0.25, 0.3) is 20.2 Å². The Hall–Kier alpha value is -0.306. The summed E-state index contributed by atoms with van der Waals surface area (Å²) in [6.07, 6.45) is 1.72. The molecule has 15 nitrogen and oxygen atoms in total. The van der Waals surface area contributed by atoms with Crippen molar-refractivity contribution in [2.45, 2.75) is 76.5 Å². The largest absolute Gasteiger partial charge is 0.493 e. The summed E-state index contributed by atoms with van der Waals surface area (Å²) >= 11 is 3.09. The predicted octanol–water partition coefficient (Wildman–Crippen LogP) is 2.06. The molecule has 2 amide bonds. The topological polar surface area (TPSA) is 213 Å². The van der Waals surface area contributed by atoms with Gasteiger partial charge in [0.2, 0.25) is 11.8 Å². The molecule has 0 atom stereocenters. The first kappa shape index (κ1) is 44.7. The van der Waals surface area contributed by atoms with Crippen molar-refractivity contribution >= 4 is 73.2 Å². The molecule has 4 N–H and O–H groups in total. The van der Waals surface area contributed by atoms with Crippen LogP contribution in [-0.2, 0) is 51.6 Å². The molecular weight excluding hydrogens is 709 g/mol. The Bertz CT molecular complexity index is 1030. The van der Waals surface area contributed by atoms with Gasteiger partial charge in [0.15, 0.2) is 0 Å². The van der Waals surface area contributed by atoms with Crippen molar-refractivity contribution in [3.63, 3.8) is 0 Å². The van der Waals surface area contributed by atoms with E-state index < -0.39 is 60.4 Å². The van der Waals surface area contributed by atoms with Gasteiger partial charge in [-0.2, -0.15) is 40.4 Å². The fraction of sp³-hybridized carbons (Fsp3) is 0.917. The zero-order valence-electron chi connectivity index (χ0n) is 27.5. The quantitative estimate of drug-likeness (QED) is 0.0565. The van der Waals surface area contributed by atoms with Crippen molar-refractivity contribution in [3.8, 4) is 0 Å². The SMILES string of the molecule is CO[Si](CCCSCCC(=O)NC(C)(C)CS(=O)(=O)O)(OC)O[Si](CCCSCCC(=O)NC(C)(C)CS(=O)(=O)O)(OC)OC. The van der Waals surface area contributed by atoms with Gasteiger partial charge in [-0.1, -0.05) is 0 Å². The molecule has 0 aliphatic carbocycles.